The van der Waals surface area contributed by atoms with Crippen molar-refractivity contribution in [1.82, 2.24) is 14.5 Å². The first kappa shape index (κ1) is 29.0. The van der Waals surface area contributed by atoms with Crippen LogP contribution in [0.2, 0.25) is 0 Å². The molecule has 0 amide bonds. The van der Waals surface area contributed by atoms with Gasteiger partial charge in [0, 0.05) is 44.5 Å². The van der Waals surface area contributed by atoms with Crippen molar-refractivity contribution in [1.29, 1.82) is 0 Å². The maximum Gasteiger partial charge on any atom is 0.180 e. The van der Waals surface area contributed by atoms with Crippen LogP contribution in [0.15, 0.2) is 187 Å². The van der Waals surface area contributed by atoms with Crippen LogP contribution in [0.1, 0.15) is 0 Å². The van der Waals surface area contributed by atoms with E-state index >= 15 is 0 Å². The van der Waals surface area contributed by atoms with Crippen molar-refractivity contribution in [3.63, 3.8) is 0 Å². The van der Waals surface area contributed by atoms with Gasteiger partial charge < -0.3 is 13.9 Å². The Morgan fingerprint density at radius 3 is 1.76 bits per heavy atom. The topological polar surface area (TPSA) is 47.1 Å². The fourth-order valence-corrected chi connectivity index (χ4v) is 7.33. The predicted octanol–water partition coefficient (Wildman–Crippen LogP) is 12.3. The Hall–Kier alpha value is -6.98. The second kappa shape index (κ2) is 11.9. The van der Waals surface area contributed by atoms with Gasteiger partial charge in [-0.3, -0.25) is 0 Å². The highest BCUT2D eigenvalue weighted by Gasteiger charge is 2.18. The summed E-state index contributed by atoms with van der Waals surface area (Å²) in [6, 6.07) is 61.9. The number of hydrogen-bond acceptors (Lipinski definition) is 4. The van der Waals surface area contributed by atoms with Gasteiger partial charge in [0.05, 0.1) is 11.0 Å². The van der Waals surface area contributed by atoms with Crippen molar-refractivity contribution in [3.8, 4) is 28.1 Å². The Labute approximate surface area is 294 Å². The van der Waals surface area contributed by atoms with Crippen LogP contribution >= 0.6 is 0 Å². The average molecular weight is 655 g/mol. The molecule has 0 fully saturated rings. The Bertz CT molecular complexity index is 2800. The number of hydrogen-bond donors (Lipinski definition) is 0. The molecule has 0 N–H and O–H groups in total. The molecule has 10 aromatic rings. The third kappa shape index (κ3) is 4.86. The first-order chi connectivity index (χ1) is 25.3. The smallest absolute Gasteiger partial charge is 0.180 e. The number of rotatable bonds is 6. The Kier molecular flexibility index (Phi) is 6.74. The molecule has 7 aromatic carbocycles. The lowest BCUT2D eigenvalue weighted by atomic mass is 10.0. The lowest BCUT2D eigenvalue weighted by molar-refractivity contribution is 0.667. The van der Waals surface area contributed by atoms with E-state index in [0.717, 1.165) is 61.6 Å². The lowest BCUT2D eigenvalue weighted by Crippen LogP contribution is -2.09. The highest BCUT2D eigenvalue weighted by Crippen LogP contribution is 2.40. The van der Waals surface area contributed by atoms with E-state index < -0.39 is 0 Å². The van der Waals surface area contributed by atoms with Gasteiger partial charge in [-0.25, -0.2) is 9.97 Å². The minimum absolute atomic E-state index is 0.710. The standard InChI is InChI=1S/C46H30N4O/c1-3-11-34(12-4-1)49(35-13-5-2-6-14-35)37-27-28-42-40(29-37)38-15-7-9-17-41(38)50(42)36-25-23-32(24-26-36)31-19-21-33(22-20-31)44-46-45(48-30-47-44)39-16-8-10-18-43(39)51-46/h1-30H. The Morgan fingerprint density at radius 1 is 0.451 bits per heavy atom. The average Bonchev–Trinajstić information content (AvgIpc) is 3.75. The van der Waals surface area contributed by atoms with Crippen LogP contribution in [0.4, 0.5) is 17.1 Å². The third-order valence-corrected chi connectivity index (χ3v) is 9.72. The molecular formula is C46H30N4O. The fraction of sp³-hybridized carbons (Fsp3) is 0. The number of nitrogens with zero attached hydrogens (tertiary/aromatic N) is 4. The highest BCUT2D eigenvalue weighted by atomic mass is 16.3. The first-order valence-corrected chi connectivity index (χ1v) is 17.1. The molecule has 0 saturated heterocycles. The zero-order valence-electron chi connectivity index (χ0n) is 27.5. The van der Waals surface area contributed by atoms with E-state index in [2.05, 4.69) is 171 Å². The van der Waals surface area contributed by atoms with Gasteiger partial charge in [0.15, 0.2) is 5.58 Å². The normalized spacial score (nSPS) is 11.5. The van der Waals surface area contributed by atoms with Gasteiger partial charge in [-0.05, 0) is 83.9 Å². The number of anilines is 3. The minimum Gasteiger partial charge on any atom is -0.452 e. The van der Waals surface area contributed by atoms with Gasteiger partial charge in [0.25, 0.3) is 0 Å². The molecule has 5 heteroatoms. The minimum atomic E-state index is 0.710. The molecule has 0 spiro atoms. The fourth-order valence-electron chi connectivity index (χ4n) is 7.33. The molecule has 0 unspecified atom stereocenters. The molecular weight excluding hydrogens is 625 g/mol. The van der Waals surface area contributed by atoms with E-state index in [-0.39, 0.29) is 0 Å². The summed E-state index contributed by atoms with van der Waals surface area (Å²) in [6.45, 7) is 0. The number of para-hydroxylation sites is 4. The summed E-state index contributed by atoms with van der Waals surface area (Å²) in [5, 5.41) is 3.43. The molecule has 5 nitrogen and oxygen atoms in total. The van der Waals surface area contributed by atoms with E-state index in [0.29, 0.717) is 5.58 Å². The summed E-state index contributed by atoms with van der Waals surface area (Å²) in [5.41, 5.74) is 13.2. The van der Waals surface area contributed by atoms with Gasteiger partial charge in [-0.1, -0.05) is 103 Å². The van der Waals surface area contributed by atoms with Gasteiger partial charge in [-0.15, -0.1) is 0 Å². The van der Waals surface area contributed by atoms with Gasteiger partial charge in [0.2, 0.25) is 0 Å². The van der Waals surface area contributed by atoms with Gasteiger partial charge >= 0.3 is 0 Å². The number of benzene rings is 7. The van der Waals surface area contributed by atoms with E-state index in [1.807, 2.05) is 24.3 Å². The monoisotopic (exact) mass is 654 g/mol. The van der Waals surface area contributed by atoms with Crippen molar-refractivity contribution in [3.05, 3.63) is 182 Å². The van der Waals surface area contributed by atoms with E-state index in [4.69, 9.17) is 4.42 Å². The quantitative estimate of drug-likeness (QED) is 0.179. The molecule has 0 bridgehead atoms. The highest BCUT2D eigenvalue weighted by molar-refractivity contribution is 6.11. The molecule has 3 heterocycles. The zero-order valence-corrected chi connectivity index (χ0v) is 27.5. The second-order valence-electron chi connectivity index (χ2n) is 12.7. The van der Waals surface area contributed by atoms with Crippen LogP contribution in [-0.4, -0.2) is 14.5 Å². The maximum absolute atomic E-state index is 6.19. The number of fused-ring (bicyclic) bond motifs is 6. The molecule has 0 aliphatic rings. The Balaban J connectivity index is 1.01. The summed E-state index contributed by atoms with van der Waals surface area (Å²) in [5.74, 6) is 0. The molecule has 0 aliphatic heterocycles. The zero-order chi connectivity index (χ0) is 33.7. The summed E-state index contributed by atoms with van der Waals surface area (Å²) in [7, 11) is 0. The molecule has 240 valence electrons. The predicted molar refractivity (Wildman–Crippen MR) is 209 cm³/mol. The lowest BCUT2D eigenvalue weighted by Gasteiger charge is -2.25. The van der Waals surface area contributed by atoms with Crippen LogP contribution in [-0.2, 0) is 0 Å². The second-order valence-corrected chi connectivity index (χ2v) is 12.7. The molecule has 3 aromatic heterocycles. The summed E-state index contributed by atoms with van der Waals surface area (Å²) in [6.07, 6.45) is 1.62. The molecule has 0 aliphatic carbocycles. The van der Waals surface area contributed by atoms with E-state index in [1.54, 1.807) is 6.33 Å². The van der Waals surface area contributed by atoms with Crippen molar-refractivity contribution < 1.29 is 4.42 Å². The van der Waals surface area contributed by atoms with Crippen molar-refractivity contribution >= 4 is 60.9 Å². The summed E-state index contributed by atoms with van der Waals surface area (Å²) >= 11 is 0. The van der Waals surface area contributed by atoms with Crippen LogP contribution < -0.4 is 4.90 Å². The molecule has 10 rings (SSSR count). The molecule has 0 saturated carbocycles. The number of furan rings is 1. The van der Waals surface area contributed by atoms with Gasteiger partial charge in [-0.2, -0.15) is 0 Å². The van der Waals surface area contributed by atoms with E-state index in [1.165, 1.54) is 21.8 Å². The van der Waals surface area contributed by atoms with E-state index in [9.17, 15) is 0 Å². The maximum atomic E-state index is 6.19. The van der Waals surface area contributed by atoms with Crippen LogP contribution in [0.25, 0.3) is 71.9 Å². The third-order valence-electron chi connectivity index (χ3n) is 9.72. The van der Waals surface area contributed by atoms with Crippen molar-refractivity contribution in [2.45, 2.75) is 0 Å². The largest absolute Gasteiger partial charge is 0.452 e. The SMILES string of the molecule is c1ccc(N(c2ccccc2)c2ccc3c(c2)c2ccccc2n3-c2ccc(-c3ccc(-c4ncnc5c4oc4ccccc45)cc3)cc2)cc1. The van der Waals surface area contributed by atoms with Crippen molar-refractivity contribution in [2.75, 3.05) is 4.90 Å². The molecule has 51 heavy (non-hydrogen) atoms. The molecule has 0 atom stereocenters. The number of aromatic nitrogens is 3. The van der Waals surface area contributed by atoms with Crippen LogP contribution in [0.5, 0.6) is 0 Å². The van der Waals surface area contributed by atoms with Crippen molar-refractivity contribution in [2.24, 2.45) is 0 Å². The summed E-state index contributed by atoms with van der Waals surface area (Å²) in [4.78, 5) is 11.4. The molecule has 0 radical (unpaired) electrons. The summed E-state index contributed by atoms with van der Waals surface area (Å²) < 4.78 is 8.56. The van der Waals surface area contributed by atoms with Crippen LogP contribution in [0.3, 0.4) is 0 Å². The first-order valence-electron chi connectivity index (χ1n) is 17.1. The van der Waals surface area contributed by atoms with Crippen LogP contribution in [0, 0.1) is 0 Å². The van der Waals surface area contributed by atoms with Gasteiger partial charge in [0.1, 0.15) is 23.1 Å². The Morgan fingerprint density at radius 2 is 1.04 bits per heavy atom.